The molecule has 0 fully saturated rings. The van der Waals surface area contributed by atoms with Gasteiger partial charge in [0.25, 0.3) is 0 Å². The van der Waals surface area contributed by atoms with E-state index in [0.717, 1.165) is 16.8 Å². The molecular weight excluding hydrogens is 408 g/mol. The van der Waals surface area contributed by atoms with Crippen LogP contribution in [-0.4, -0.2) is 6.61 Å². The van der Waals surface area contributed by atoms with Crippen molar-refractivity contribution < 1.29 is 4.74 Å². The number of unbranched alkanes of at least 4 members (excludes halogenated alkanes) is 17. The van der Waals surface area contributed by atoms with Gasteiger partial charge in [-0.25, -0.2) is 0 Å². The summed E-state index contributed by atoms with van der Waals surface area (Å²) < 4.78 is 6.87. The molecule has 0 unspecified atom stereocenters. The van der Waals surface area contributed by atoms with Crippen LogP contribution in [0.25, 0.3) is 0 Å². The Hall–Kier alpha value is -0.500. The number of ether oxygens (including phenoxy) is 1. The molecule has 1 rings (SSSR count). The zero-order chi connectivity index (χ0) is 20.1. The quantitative estimate of drug-likeness (QED) is 0.179. The summed E-state index contributed by atoms with van der Waals surface area (Å²) in [5.74, 6) is 0.982. The summed E-state index contributed by atoms with van der Waals surface area (Å²) in [5, 5.41) is 0. The average Bonchev–Trinajstić information content (AvgIpc) is 2.71. The molecular formula is C26H45BrO. The summed E-state index contributed by atoms with van der Waals surface area (Å²) in [4.78, 5) is 0. The molecule has 28 heavy (non-hydrogen) atoms. The molecule has 0 aliphatic carbocycles. The first-order chi connectivity index (χ1) is 13.8. The van der Waals surface area contributed by atoms with E-state index in [-0.39, 0.29) is 0 Å². The smallest absolute Gasteiger partial charge is 0.119 e. The van der Waals surface area contributed by atoms with Crippen LogP contribution in [0.4, 0.5) is 0 Å². The van der Waals surface area contributed by atoms with Gasteiger partial charge in [-0.05, 0) is 30.7 Å². The predicted octanol–water partition coefficient (Wildman–Crippen LogP) is 9.87. The predicted molar refractivity (Wildman–Crippen MR) is 128 cm³/mol. The minimum atomic E-state index is 0.848. The van der Waals surface area contributed by atoms with Crippen LogP contribution in [0.1, 0.15) is 122 Å². The van der Waals surface area contributed by atoms with E-state index in [4.69, 9.17) is 4.74 Å². The van der Waals surface area contributed by atoms with Crippen molar-refractivity contribution >= 4 is 15.9 Å². The summed E-state index contributed by atoms with van der Waals surface area (Å²) in [6.07, 6.45) is 25.5. The van der Waals surface area contributed by atoms with Crippen molar-refractivity contribution in [2.45, 2.75) is 122 Å². The summed E-state index contributed by atoms with van der Waals surface area (Å²) >= 11 is 3.45. The highest BCUT2D eigenvalue weighted by atomic mass is 79.9. The van der Waals surface area contributed by atoms with Gasteiger partial charge in [0.1, 0.15) is 5.75 Å². The highest BCUT2D eigenvalue weighted by molar-refractivity contribution is 9.10. The second kappa shape index (κ2) is 19.8. The molecule has 0 saturated heterocycles. The lowest BCUT2D eigenvalue weighted by atomic mass is 10.0. The van der Waals surface area contributed by atoms with E-state index < -0.39 is 0 Å². The molecule has 0 aliphatic heterocycles. The van der Waals surface area contributed by atoms with Gasteiger partial charge < -0.3 is 4.74 Å². The summed E-state index contributed by atoms with van der Waals surface area (Å²) in [6.45, 7) is 3.14. The minimum absolute atomic E-state index is 0.848. The van der Waals surface area contributed by atoms with Gasteiger partial charge in [0.05, 0.1) is 6.61 Å². The number of hydrogen-bond acceptors (Lipinski definition) is 1. The highest BCUT2D eigenvalue weighted by Crippen LogP contribution is 2.17. The Bertz CT molecular complexity index is 429. The molecule has 0 amide bonds. The van der Waals surface area contributed by atoms with Gasteiger partial charge in [-0.15, -0.1) is 0 Å². The van der Waals surface area contributed by atoms with E-state index >= 15 is 0 Å². The second-order valence-electron chi connectivity index (χ2n) is 8.31. The van der Waals surface area contributed by atoms with Crippen LogP contribution >= 0.6 is 15.9 Å². The SMILES string of the molecule is CCCCCCCCCCCCCCCCCCCCOc1ccc(Br)cc1. The monoisotopic (exact) mass is 452 g/mol. The molecule has 0 saturated carbocycles. The van der Waals surface area contributed by atoms with Crippen molar-refractivity contribution in [1.29, 1.82) is 0 Å². The Morgan fingerprint density at radius 1 is 0.536 bits per heavy atom. The van der Waals surface area contributed by atoms with Crippen LogP contribution in [0.3, 0.4) is 0 Å². The number of halogens is 1. The standard InChI is InChI=1S/C26H45BrO/c1-2-3-4-5-6-7-8-9-10-11-12-13-14-15-16-17-18-19-24-28-26-22-20-25(27)21-23-26/h20-23H,2-19,24H2,1H3. The maximum atomic E-state index is 5.77. The lowest BCUT2D eigenvalue weighted by molar-refractivity contribution is 0.304. The first-order valence-electron chi connectivity index (χ1n) is 12.2. The van der Waals surface area contributed by atoms with Crippen LogP contribution in [-0.2, 0) is 0 Å². The summed E-state index contributed by atoms with van der Waals surface area (Å²) in [5.41, 5.74) is 0. The number of rotatable bonds is 20. The minimum Gasteiger partial charge on any atom is -0.494 e. The van der Waals surface area contributed by atoms with Crippen LogP contribution < -0.4 is 4.74 Å². The molecule has 0 aliphatic rings. The van der Waals surface area contributed by atoms with E-state index in [1.54, 1.807) is 0 Å². The zero-order valence-electron chi connectivity index (χ0n) is 18.5. The third-order valence-corrected chi connectivity index (χ3v) is 6.11. The molecule has 1 nitrogen and oxygen atoms in total. The van der Waals surface area contributed by atoms with Crippen LogP contribution in [0.2, 0.25) is 0 Å². The van der Waals surface area contributed by atoms with Crippen molar-refractivity contribution in [3.05, 3.63) is 28.7 Å². The van der Waals surface area contributed by atoms with Gasteiger partial charge >= 0.3 is 0 Å². The van der Waals surface area contributed by atoms with Gasteiger partial charge in [-0.3, -0.25) is 0 Å². The topological polar surface area (TPSA) is 9.23 Å². The third kappa shape index (κ3) is 16.5. The van der Waals surface area contributed by atoms with Crippen molar-refractivity contribution in [2.75, 3.05) is 6.61 Å². The molecule has 0 bridgehead atoms. The Kier molecular flexibility index (Phi) is 18.1. The van der Waals surface area contributed by atoms with E-state index in [1.807, 2.05) is 24.3 Å². The first kappa shape index (κ1) is 25.5. The van der Waals surface area contributed by atoms with E-state index in [9.17, 15) is 0 Å². The molecule has 1 aromatic carbocycles. The van der Waals surface area contributed by atoms with Crippen LogP contribution in [0.15, 0.2) is 28.7 Å². The highest BCUT2D eigenvalue weighted by Gasteiger charge is 1.96. The van der Waals surface area contributed by atoms with Gasteiger partial charge in [0, 0.05) is 4.47 Å². The molecule has 1 aromatic rings. The first-order valence-corrected chi connectivity index (χ1v) is 13.0. The normalized spacial score (nSPS) is 11.1. The molecule has 2 heteroatoms. The molecule has 0 N–H and O–H groups in total. The molecule has 0 aromatic heterocycles. The molecule has 0 radical (unpaired) electrons. The molecule has 0 spiro atoms. The fraction of sp³-hybridized carbons (Fsp3) is 0.769. The summed E-state index contributed by atoms with van der Waals surface area (Å²) in [7, 11) is 0. The fourth-order valence-corrected chi connectivity index (χ4v) is 3.99. The molecule has 162 valence electrons. The zero-order valence-corrected chi connectivity index (χ0v) is 20.1. The van der Waals surface area contributed by atoms with Gasteiger partial charge in [-0.2, -0.15) is 0 Å². The molecule has 0 atom stereocenters. The average molecular weight is 454 g/mol. The van der Waals surface area contributed by atoms with Gasteiger partial charge in [-0.1, -0.05) is 132 Å². The van der Waals surface area contributed by atoms with Crippen molar-refractivity contribution in [2.24, 2.45) is 0 Å². The number of hydrogen-bond donors (Lipinski definition) is 0. The Balaban J connectivity index is 1.70. The van der Waals surface area contributed by atoms with E-state index in [2.05, 4.69) is 22.9 Å². The van der Waals surface area contributed by atoms with Crippen molar-refractivity contribution in [3.63, 3.8) is 0 Å². The Morgan fingerprint density at radius 2 is 0.893 bits per heavy atom. The maximum Gasteiger partial charge on any atom is 0.119 e. The lowest BCUT2D eigenvalue weighted by Gasteiger charge is -2.06. The van der Waals surface area contributed by atoms with E-state index in [1.165, 1.54) is 116 Å². The van der Waals surface area contributed by atoms with Crippen molar-refractivity contribution in [1.82, 2.24) is 0 Å². The largest absolute Gasteiger partial charge is 0.494 e. The second-order valence-corrected chi connectivity index (χ2v) is 9.23. The Morgan fingerprint density at radius 3 is 1.29 bits per heavy atom. The number of benzene rings is 1. The van der Waals surface area contributed by atoms with Gasteiger partial charge in [0.2, 0.25) is 0 Å². The summed E-state index contributed by atoms with van der Waals surface area (Å²) in [6, 6.07) is 8.12. The molecule has 0 heterocycles. The maximum absolute atomic E-state index is 5.77. The Labute approximate surface area is 184 Å². The van der Waals surface area contributed by atoms with Crippen LogP contribution in [0.5, 0.6) is 5.75 Å². The van der Waals surface area contributed by atoms with Crippen molar-refractivity contribution in [3.8, 4) is 5.75 Å². The van der Waals surface area contributed by atoms with Gasteiger partial charge in [0.15, 0.2) is 0 Å². The fourth-order valence-electron chi connectivity index (χ4n) is 3.72. The lowest BCUT2D eigenvalue weighted by Crippen LogP contribution is -1.97. The van der Waals surface area contributed by atoms with E-state index in [0.29, 0.717) is 0 Å². The third-order valence-electron chi connectivity index (χ3n) is 5.58. The van der Waals surface area contributed by atoms with Crippen LogP contribution in [0, 0.1) is 0 Å².